The van der Waals surface area contributed by atoms with Crippen LogP contribution in [0.15, 0.2) is 52.6 Å². The van der Waals surface area contributed by atoms with Gasteiger partial charge >= 0.3 is 0 Å². The Morgan fingerprint density at radius 1 is 1.15 bits per heavy atom. The highest BCUT2D eigenvalue weighted by molar-refractivity contribution is 6.31. The number of nitrogens with zero attached hydrogens (tertiary/aromatic N) is 3. The Balaban J connectivity index is 1.71. The number of nitrogens with two attached hydrogens (primary N) is 2. The maximum absolute atomic E-state index is 13.3. The SMILES string of the molecule is NC1=NC(N)(Cc2ccc(F)cc2Cl)N=C(c2ccc3cn[nH]c3c2)N1. The van der Waals surface area contributed by atoms with E-state index in [0.29, 0.717) is 11.4 Å². The molecule has 0 fully saturated rings. The van der Waals surface area contributed by atoms with E-state index in [1.54, 1.807) is 12.3 Å². The largest absolute Gasteiger partial charge is 0.370 e. The monoisotopic (exact) mass is 371 g/mol. The maximum Gasteiger partial charge on any atom is 0.212 e. The van der Waals surface area contributed by atoms with Crippen molar-refractivity contribution in [3.63, 3.8) is 0 Å². The first-order valence-electron chi connectivity index (χ1n) is 7.80. The third kappa shape index (κ3) is 3.12. The fraction of sp³-hybridized carbons (Fsp3) is 0.118. The highest BCUT2D eigenvalue weighted by atomic mass is 35.5. The minimum atomic E-state index is -1.35. The first kappa shape index (κ1) is 16.5. The molecule has 1 aliphatic rings. The zero-order valence-electron chi connectivity index (χ0n) is 13.5. The summed E-state index contributed by atoms with van der Waals surface area (Å²) in [6, 6.07) is 9.79. The molecule has 0 saturated heterocycles. The quantitative estimate of drug-likeness (QED) is 0.562. The van der Waals surface area contributed by atoms with Gasteiger partial charge in [0.25, 0.3) is 0 Å². The minimum absolute atomic E-state index is 0.139. The van der Waals surface area contributed by atoms with Gasteiger partial charge in [-0.3, -0.25) is 10.8 Å². The summed E-state index contributed by atoms with van der Waals surface area (Å²) in [5.74, 6) is -1.15. The summed E-state index contributed by atoms with van der Waals surface area (Å²) in [7, 11) is 0. The van der Waals surface area contributed by atoms with Crippen molar-refractivity contribution in [1.29, 1.82) is 0 Å². The van der Waals surface area contributed by atoms with Gasteiger partial charge in [-0.15, -0.1) is 0 Å². The fourth-order valence-electron chi connectivity index (χ4n) is 2.85. The van der Waals surface area contributed by atoms with E-state index >= 15 is 0 Å². The lowest BCUT2D eigenvalue weighted by Crippen LogP contribution is -2.51. The molecule has 0 saturated carbocycles. The van der Waals surface area contributed by atoms with Gasteiger partial charge in [0.2, 0.25) is 5.79 Å². The molecule has 7 nitrogen and oxygen atoms in total. The van der Waals surface area contributed by atoms with Crippen LogP contribution < -0.4 is 16.8 Å². The molecule has 132 valence electrons. The molecule has 1 atom stereocenters. The molecule has 1 aliphatic heterocycles. The fourth-order valence-corrected chi connectivity index (χ4v) is 3.08. The number of amidine groups is 1. The highest BCUT2D eigenvalue weighted by Crippen LogP contribution is 2.25. The van der Waals surface area contributed by atoms with E-state index in [0.717, 1.165) is 16.5 Å². The Labute approximate surface area is 153 Å². The van der Waals surface area contributed by atoms with Gasteiger partial charge in [0.05, 0.1) is 11.7 Å². The third-order valence-corrected chi connectivity index (χ3v) is 4.40. The lowest BCUT2D eigenvalue weighted by molar-refractivity contribution is 0.457. The van der Waals surface area contributed by atoms with Crippen molar-refractivity contribution in [3.05, 3.63) is 64.6 Å². The second kappa shape index (κ2) is 6.08. The average molecular weight is 372 g/mol. The van der Waals surface area contributed by atoms with Crippen LogP contribution in [0.5, 0.6) is 0 Å². The van der Waals surface area contributed by atoms with Crippen LogP contribution in [0, 0.1) is 5.82 Å². The topological polar surface area (TPSA) is 117 Å². The smallest absolute Gasteiger partial charge is 0.212 e. The maximum atomic E-state index is 13.3. The average Bonchev–Trinajstić information content (AvgIpc) is 3.04. The number of aromatic nitrogens is 2. The van der Waals surface area contributed by atoms with Crippen LogP contribution in [0.3, 0.4) is 0 Å². The van der Waals surface area contributed by atoms with Gasteiger partial charge in [-0.2, -0.15) is 5.10 Å². The second-order valence-electron chi connectivity index (χ2n) is 6.05. The Morgan fingerprint density at radius 3 is 2.81 bits per heavy atom. The molecule has 1 unspecified atom stereocenters. The van der Waals surface area contributed by atoms with Crippen molar-refractivity contribution in [2.45, 2.75) is 12.2 Å². The minimum Gasteiger partial charge on any atom is -0.370 e. The van der Waals surface area contributed by atoms with Gasteiger partial charge in [-0.05, 0) is 23.8 Å². The molecule has 26 heavy (non-hydrogen) atoms. The number of guanidine groups is 1. The summed E-state index contributed by atoms with van der Waals surface area (Å²) in [6.45, 7) is 0. The number of aliphatic imine (C=N–C) groups is 2. The molecule has 0 spiro atoms. The Bertz CT molecular complexity index is 1060. The number of benzene rings is 2. The molecular weight excluding hydrogens is 357 g/mol. The van der Waals surface area contributed by atoms with Gasteiger partial charge in [-0.1, -0.05) is 29.8 Å². The van der Waals surface area contributed by atoms with Gasteiger partial charge in [0.1, 0.15) is 11.7 Å². The zero-order chi connectivity index (χ0) is 18.3. The van der Waals surface area contributed by atoms with E-state index in [2.05, 4.69) is 25.5 Å². The van der Waals surface area contributed by atoms with E-state index in [1.165, 1.54) is 12.1 Å². The summed E-state index contributed by atoms with van der Waals surface area (Å²) in [5.41, 5.74) is 14.5. The number of aromatic amines is 1. The summed E-state index contributed by atoms with van der Waals surface area (Å²) >= 11 is 6.10. The van der Waals surface area contributed by atoms with Crippen LogP contribution in [-0.2, 0) is 6.42 Å². The van der Waals surface area contributed by atoms with Crippen LogP contribution in [-0.4, -0.2) is 27.8 Å². The predicted molar refractivity (Wildman–Crippen MR) is 99.4 cm³/mol. The van der Waals surface area contributed by atoms with E-state index in [1.807, 2.05) is 18.2 Å². The third-order valence-electron chi connectivity index (χ3n) is 4.05. The van der Waals surface area contributed by atoms with Crippen molar-refractivity contribution < 1.29 is 4.39 Å². The molecule has 6 N–H and O–H groups in total. The van der Waals surface area contributed by atoms with E-state index < -0.39 is 11.6 Å². The number of halogens is 2. The van der Waals surface area contributed by atoms with Gasteiger partial charge < -0.3 is 11.1 Å². The standard InChI is InChI=1S/C17H15ClFN7/c18-13-6-12(19)4-3-10(13)7-17(21)24-15(23-16(20)25-17)9-1-2-11-8-22-26-14(11)5-9/h1-6,8H,7,21H2,(H,22,26)(H3,20,23,24,25). The van der Waals surface area contributed by atoms with E-state index in [9.17, 15) is 4.39 Å². The van der Waals surface area contributed by atoms with Gasteiger partial charge in [0.15, 0.2) is 5.96 Å². The van der Waals surface area contributed by atoms with Crippen LogP contribution in [0.2, 0.25) is 5.02 Å². The molecule has 9 heteroatoms. The number of hydrogen-bond acceptors (Lipinski definition) is 6. The summed E-state index contributed by atoms with van der Waals surface area (Å²) in [6.07, 6.45) is 1.90. The Morgan fingerprint density at radius 2 is 2.00 bits per heavy atom. The van der Waals surface area contributed by atoms with E-state index in [-0.39, 0.29) is 17.4 Å². The number of rotatable bonds is 3. The van der Waals surface area contributed by atoms with Crippen molar-refractivity contribution in [1.82, 2.24) is 15.5 Å². The molecule has 1 aromatic heterocycles. The molecule has 0 bridgehead atoms. The molecule has 0 aliphatic carbocycles. The highest BCUT2D eigenvalue weighted by Gasteiger charge is 2.30. The summed E-state index contributed by atoms with van der Waals surface area (Å²) in [4.78, 5) is 8.72. The van der Waals surface area contributed by atoms with E-state index in [4.69, 9.17) is 23.1 Å². The molecule has 2 aromatic carbocycles. The van der Waals surface area contributed by atoms with Gasteiger partial charge in [-0.25, -0.2) is 14.4 Å². The first-order chi connectivity index (χ1) is 12.4. The second-order valence-corrected chi connectivity index (χ2v) is 6.45. The first-order valence-corrected chi connectivity index (χ1v) is 8.18. The lowest BCUT2D eigenvalue weighted by Gasteiger charge is -2.28. The number of H-pyrrole nitrogens is 1. The van der Waals surface area contributed by atoms with Crippen molar-refractivity contribution in [2.24, 2.45) is 21.5 Å². The summed E-state index contributed by atoms with van der Waals surface area (Å²) < 4.78 is 13.3. The van der Waals surface area contributed by atoms with Crippen LogP contribution in [0.25, 0.3) is 10.9 Å². The van der Waals surface area contributed by atoms with Gasteiger partial charge in [0, 0.05) is 22.4 Å². The summed E-state index contributed by atoms with van der Waals surface area (Å²) in [5, 5.41) is 11.1. The predicted octanol–water partition coefficient (Wildman–Crippen LogP) is 1.88. The number of nitrogens with one attached hydrogen (secondary N) is 2. The molecule has 3 aromatic rings. The van der Waals surface area contributed by atoms with Crippen molar-refractivity contribution >= 4 is 34.3 Å². The lowest BCUT2D eigenvalue weighted by atomic mass is 10.1. The molecule has 2 heterocycles. The van der Waals surface area contributed by atoms with Crippen molar-refractivity contribution in [3.8, 4) is 0 Å². The molecule has 4 rings (SSSR count). The van der Waals surface area contributed by atoms with Crippen LogP contribution in [0.1, 0.15) is 11.1 Å². The molecular formula is C17H15ClFN7. The Hall–Kier alpha value is -2.97. The molecule has 0 radical (unpaired) electrons. The normalized spacial score (nSPS) is 19.8. The number of hydrogen-bond donors (Lipinski definition) is 4. The van der Waals surface area contributed by atoms with Crippen molar-refractivity contribution in [2.75, 3.05) is 0 Å². The zero-order valence-corrected chi connectivity index (χ0v) is 14.3. The molecule has 0 amide bonds. The Kier molecular flexibility index (Phi) is 3.86. The van der Waals surface area contributed by atoms with Crippen LogP contribution >= 0.6 is 11.6 Å². The van der Waals surface area contributed by atoms with Crippen LogP contribution in [0.4, 0.5) is 4.39 Å². The number of fused-ring (bicyclic) bond motifs is 1.